The Labute approximate surface area is 119 Å². The van der Waals surface area contributed by atoms with E-state index in [9.17, 15) is 9.59 Å². The second-order valence-corrected chi connectivity index (χ2v) is 5.57. The summed E-state index contributed by atoms with van der Waals surface area (Å²) < 4.78 is 6.25. The van der Waals surface area contributed by atoms with Gasteiger partial charge in [0.15, 0.2) is 6.10 Å². The van der Waals surface area contributed by atoms with Crippen LogP contribution in [0.3, 0.4) is 0 Å². The molecule has 5 nitrogen and oxygen atoms in total. The second kappa shape index (κ2) is 5.22. The summed E-state index contributed by atoms with van der Waals surface area (Å²) in [5.41, 5.74) is 0.585. The van der Waals surface area contributed by atoms with Crippen LogP contribution >= 0.6 is 11.3 Å². The highest BCUT2D eigenvalue weighted by Gasteiger charge is 2.29. The Morgan fingerprint density at radius 2 is 2.20 bits per heavy atom. The molecule has 0 unspecified atom stereocenters. The molecular formula is C14H13NO4S. The summed E-state index contributed by atoms with van der Waals surface area (Å²) in [6.45, 7) is 0.767. The molecule has 0 aliphatic carbocycles. The lowest BCUT2D eigenvalue weighted by molar-refractivity contribution is -0.154. The van der Waals surface area contributed by atoms with Crippen molar-refractivity contribution in [1.29, 1.82) is 0 Å². The minimum absolute atomic E-state index is 0.0931. The largest absolute Gasteiger partial charge is 0.479 e. The number of carboxylic acid groups (broad SMARTS) is 1. The summed E-state index contributed by atoms with van der Waals surface area (Å²) in [5.74, 6) is -1.18. The summed E-state index contributed by atoms with van der Waals surface area (Å²) in [7, 11) is 0. The monoisotopic (exact) mass is 291 g/mol. The van der Waals surface area contributed by atoms with Crippen molar-refractivity contribution >= 4 is 33.3 Å². The van der Waals surface area contributed by atoms with Crippen LogP contribution in [0.15, 0.2) is 29.6 Å². The fourth-order valence-electron chi connectivity index (χ4n) is 2.27. The maximum atomic E-state index is 12.4. The Morgan fingerprint density at radius 3 is 3.00 bits per heavy atom. The minimum Gasteiger partial charge on any atom is -0.479 e. The van der Waals surface area contributed by atoms with Crippen LogP contribution in [-0.4, -0.2) is 47.7 Å². The molecule has 1 fully saturated rings. The van der Waals surface area contributed by atoms with E-state index in [1.165, 1.54) is 4.90 Å². The molecule has 1 saturated heterocycles. The van der Waals surface area contributed by atoms with Crippen LogP contribution in [0.2, 0.25) is 0 Å². The molecule has 20 heavy (non-hydrogen) atoms. The van der Waals surface area contributed by atoms with E-state index in [2.05, 4.69) is 0 Å². The summed E-state index contributed by atoms with van der Waals surface area (Å²) in [6.07, 6.45) is -0.933. The van der Waals surface area contributed by atoms with Crippen LogP contribution in [0.5, 0.6) is 0 Å². The number of nitrogens with zero attached hydrogens (tertiary/aromatic N) is 1. The van der Waals surface area contributed by atoms with Crippen molar-refractivity contribution in [3.05, 3.63) is 35.2 Å². The zero-order valence-corrected chi connectivity index (χ0v) is 11.4. The van der Waals surface area contributed by atoms with E-state index in [0.29, 0.717) is 12.1 Å². The maximum Gasteiger partial charge on any atom is 0.334 e. The third-order valence-corrected chi connectivity index (χ3v) is 4.23. The average Bonchev–Trinajstić information content (AvgIpc) is 2.94. The van der Waals surface area contributed by atoms with Crippen molar-refractivity contribution < 1.29 is 19.4 Å². The lowest BCUT2D eigenvalue weighted by Gasteiger charge is -2.30. The number of thiophene rings is 1. The summed E-state index contributed by atoms with van der Waals surface area (Å²) in [4.78, 5) is 24.9. The van der Waals surface area contributed by atoms with Gasteiger partial charge in [-0.3, -0.25) is 4.79 Å². The van der Waals surface area contributed by atoms with Gasteiger partial charge >= 0.3 is 5.97 Å². The first-order valence-electron chi connectivity index (χ1n) is 6.26. The van der Waals surface area contributed by atoms with Crippen molar-refractivity contribution in [3.8, 4) is 0 Å². The molecular weight excluding hydrogens is 278 g/mol. The molecule has 0 spiro atoms. The van der Waals surface area contributed by atoms with Crippen LogP contribution in [0, 0.1) is 0 Å². The molecule has 104 valence electrons. The Hall–Kier alpha value is -1.92. The third kappa shape index (κ3) is 2.39. The molecule has 2 aromatic rings. The summed E-state index contributed by atoms with van der Waals surface area (Å²) in [5, 5.41) is 12.0. The van der Waals surface area contributed by atoms with Gasteiger partial charge < -0.3 is 14.7 Å². The highest BCUT2D eigenvalue weighted by molar-refractivity contribution is 7.17. The second-order valence-electron chi connectivity index (χ2n) is 4.62. The molecule has 1 N–H and O–H groups in total. The number of hydrogen-bond acceptors (Lipinski definition) is 4. The molecule has 1 atom stereocenters. The van der Waals surface area contributed by atoms with E-state index < -0.39 is 12.1 Å². The Morgan fingerprint density at radius 1 is 1.35 bits per heavy atom. The zero-order valence-electron chi connectivity index (χ0n) is 10.6. The number of morpholine rings is 1. The molecule has 1 amide bonds. The molecule has 1 aromatic heterocycles. The molecule has 1 aliphatic rings. The highest BCUT2D eigenvalue weighted by Crippen LogP contribution is 2.22. The van der Waals surface area contributed by atoms with Crippen molar-refractivity contribution in [2.24, 2.45) is 0 Å². The number of ether oxygens (including phenoxy) is 1. The molecule has 1 aromatic carbocycles. The highest BCUT2D eigenvalue weighted by atomic mass is 32.1. The first-order chi connectivity index (χ1) is 9.65. The van der Waals surface area contributed by atoms with Crippen molar-refractivity contribution in [2.45, 2.75) is 6.10 Å². The Bertz CT molecular complexity index is 666. The van der Waals surface area contributed by atoms with E-state index in [1.807, 2.05) is 23.6 Å². The van der Waals surface area contributed by atoms with Gasteiger partial charge in [0.25, 0.3) is 5.91 Å². The molecule has 0 saturated carbocycles. The number of carboxylic acids is 1. The maximum absolute atomic E-state index is 12.4. The van der Waals surface area contributed by atoms with E-state index in [4.69, 9.17) is 9.84 Å². The predicted molar refractivity (Wildman–Crippen MR) is 75.1 cm³/mol. The van der Waals surface area contributed by atoms with Gasteiger partial charge in [-0.15, -0.1) is 11.3 Å². The number of carbonyl (C=O) groups excluding carboxylic acids is 1. The van der Waals surface area contributed by atoms with Gasteiger partial charge in [-0.25, -0.2) is 4.79 Å². The molecule has 1 aliphatic heterocycles. The summed E-state index contributed by atoms with van der Waals surface area (Å²) >= 11 is 1.63. The smallest absolute Gasteiger partial charge is 0.334 e. The summed E-state index contributed by atoms with van der Waals surface area (Å²) in [6, 6.07) is 7.52. The predicted octanol–water partition coefficient (Wildman–Crippen LogP) is 1.83. The molecule has 0 radical (unpaired) electrons. The van der Waals surface area contributed by atoms with E-state index >= 15 is 0 Å². The van der Waals surface area contributed by atoms with Crippen molar-refractivity contribution in [1.82, 2.24) is 4.90 Å². The fourth-order valence-corrected chi connectivity index (χ4v) is 3.04. The molecule has 0 bridgehead atoms. The van der Waals surface area contributed by atoms with Crippen LogP contribution in [0.4, 0.5) is 0 Å². The first kappa shape index (κ1) is 13.1. The van der Waals surface area contributed by atoms with Gasteiger partial charge in [-0.05, 0) is 35.0 Å². The van der Waals surface area contributed by atoms with Gasteiger partial charge in [0, 0.05) is 16.8 Å². The lowest BCUT2D eigenvalue weighted by atomic mass is 10.1. The standard InChI is InChI=1S/C14H13NO4S/c16-13(15-4-5-19-11(8-15)14(17)18)10-1-2-12-9(7-10)3-6-20-12/h1-3,6-7,11H,4-5,8H2,(H,17,18)/t11-/m1/s1. The average molecular weight is 291 g/mol. The van der Waals surface area contributed by atoms with Crippen LogP contribution in [0.25, 0.3) is 10.1 Å². The fraction of sp³-hybridized carbons (Fsp3) is 0.286. The minimum atomic E-state index is -1.03. The topological polar surface area (TPSA) is 66.8 Å². The SMILES string of the molecule is O=C(O)[C@H]1CN(C(=O)c2ccc3sccc3c2)CCO1. The zero-order chi connectivity index (χ0) is 14.1. The molecule has 6 heteroatoms. The number of fused-ring (bicyclic) bond motifs is 1. The number of aliphatic carboxylic acids is 1. The lowest BCUT2D eigenvalue weighted by Crippen LogP contribution is -2.48. The number of hydrogen-bond donors (Lipinski definition) is 1. The van der Waals surface area contributed by atoms with Gasteiger partial charge in [0.05, 0.1) is 13.2 Å². The van der Waals surface area contributed by atoms with Crippen molar-refractivity contribution in [2.75, 3.05) is 19.7 Å². The molecule has 3 rings (SSSR count). The Kier molecular flexibility index (Phi) is 3.42. The van der Waals surface area contributed by atoms with E-state index in [-0.39, 0.29) is 19.1 Å². The Balaban J connectivity index is 1.82. The van der Waals surface area contributed by atoms with Crippen LogP contribution < -0.4 is 0 Å². The van der Waals surface area contributed by atoms with Gasteiger partial charge in [0.2, 0.25) is 0 Å². The third-order valence-electron chi connectivity index (χ3n) is 3.33. The molecule has 2 heterocycles. The van der Waals surface area contributed by atoms with Gasteiger partial charge in [0.1, 0.15) is 0 Å². The number of benzene rings is 1. The van der Waals surface area contributed by atoms with Gasteiger partial charge in [-0.2, -0.15) is 0 Å². The van der Waals surface area contributed by atoms with E-state index in [1.54, 1.807) is 17.4 Å². The van der Waals surface area contributed by atoms with Crippen LogP contribution in [-0.2, 0) is 9.53 Å². The first-order valence-corrected chi connectivity index (χ1v) is 7.14. The van der Waals surface area contributed by atoms with Crippen LogP contribution in [0.1, 0.15) is 10.4 Å². The number of amides is 1. The van der Waals surface area contributed by atoms with Gasteiger partial charge in [-0.1, -0.05) is 0 Å². The number of rotatable bonds is 2. The quantitative estimate of drug-likeness (QED) is 0.916. The van der Waals surface area contributed by atoms with E-state index in [0.717, 1.165) is 10.1 Å². The van der Waals surface area contributed by atoms with Crippen molar-refractivity contribution in [3.63, 3.8) is 0 Å². The normalized spacial score (nSPS) is 19.2. The number of carbonyl (C=O) groups is 2.